The van der Waals surface area contributed by atoms with Crippen molar-refractivity contribution in [1.29, 1.82) is 0 Å². The van der Waals surface area contributed by atoms with Crippen LogP contribution >= 0.6 is 15.9 Å². The van der Waals surface area contributed by atoms with Crippen LogP contribution in [-0.4, -0.2) is 47.3 Å². The van der Waals surface area contributed by atoms with Crippen molar-refractivity contribution in [3.8, 4) is 11.5 Å². The molecule has 2 heterocycles. The number of imide groups is 2. The second kappa shape index (κ2) is 9.58. The lowest BCUT2D eigenvalue weighted by Crippen LogP contribution is -2.48. The smallest absolute Gasteiger partial charge is 0.241 e. The predicted molar refractivity (Wildman–Crippen MR) is 150 cm³/mol. The maximum Gasteiger partial charge on any atom is 0.241 e. The molecule has 1 N–H and O–H groups in total. The van der Waals surface area contributed by atoms with Gasteiger partial charge in [0.2, 0.25) is 23.6 Å². The summed E-state index contributed by atoms with van der Waals surface area (Å²) in [5.74, 6) is -3.43. The molecule has 0 bridgehead atoms. The van der Waals surface area contributed by atoms with E-state index in [0.29, 0.717) is 41.5 Å². The van der Waals surface area contributed by atoms with Crippen LogP contribution in [0.4, 0.5) is 5.69 Å². The molecule has 6 atom stereocenters. The van der Waals surface area contributed by atoms with Gasteiger partial charge in [-0.3, -0.25) is 24.1 Å². The highest BCUT2D eigenvalue weighted by Crippen LogP contribution is 2.64. The Labute approximate surface area is 241 Å². The molecule has 2 saturated heterocycles. The number of hydrogen-bond acceptors (Lipinski definition) is 6. The molecule has 2 aliphatic heterocycles. The van der Waals surface area contributed by atoms with Crippen LogP contribution in [0.3, 0.4) is 0 Å². The molecule has 4 amide bonds. The van der Waals surface area contributed by atoms with Crippen LogP contribution in [0.15, 0.2) is 58.6 Å². The molecule has 8 nitrogen and oxygen atoms in total. The number of methoxy groups -OCH3 is 1. The fraction of sp³-hybridized carbons (Fsp3) is 0.419. The Bertz CT molecular complexity index is 1470. The Kier molecular flexibility index (Phi) is 6.40. The van der Waals surface area contributed by atoms with E-state index in [1.54, 1.807) is 36.4 Å². The van der Waals surface area contributed by atoms with Gasteiger partial charge in [-0.2, -0.15) is 0 Å². The number of rotatable bonds is 5. The lowest BCUT2D eigenvalue weighted by atomic mass is 9.51. The Balaban J connectivity index is 1.54. The Morgan fingerprint density at radius 3 is 2.45 bits per heavy atom. The number of amides is 4. The normalized spacial score (nSPS) is 31.2. The molecular formula is C31H31BrN2O6. The van der Waals surface area contributed by atoms with E-state index in [0.717, 1.165) is 5.57 Å². The van der Waals surface area contributed by atoms with Crippen LogP contribution in [0.25, 0.3) is 0 Å². The summed E-state index contributed by atoms with van der Waals surface area (Å²) in [6, 6.07) is 12.4. The third kappa shape index (κ3) is 3.56. The van der Waals surface area contributed by atoms with E-state index in [1.807, 2.05) is 26.0 Å². The maximum atomic E-state index is 14.4. The lowest BCUT2D eigenvalue weighted by Gasteiger charge is -2.49. The number of phenolic OH excluding ortho intramolecular Hbond substituents is 1. The molecule has 0 spiro atoms. The van der Waals surface area contributed by atoms with E-state index >= 15 is 0 Å². The van der Waals surface area contributed by atoms with E-state index in [4.69, 9.17) is 4.74 Å². The first-order valence-corrected chi connectivity index (χ1v) is 14.5. The molecule has 0 radical (unpaired) electrons. The van der Waals surface area contributed by atoms with Gasteiger partial charge in [-0.05, 0) is 77.9 Å². The SMILES string of the molecule is CCCN1C(=O)[C@H]2[C@H](CC=C3[C@H]2C[C@H]2C(=O)N(c4ccccc4)C(=O)[C@@]2(C)[C@H]3c2cc(Br)c(O)c(OC)c2)C1=O. The summed E-state index contributed by atoms with van der Waals surface area (Å²) < 4.78 is 5.85. The third-order valence-corrected chi connectivity index (χ3v) is 10.0. The first kappa shape index (κ1) is 26.7. The number of phenols is 1. The van der Waals surface area contributed by atoms with E-state index < -0.39 is 29.1 Å². The molecule has 0 unspecified atom stereocenters. The predicted octanol–water partition coefficient (Wildman–Crippen LogP) is 4.80. The summed E-state index contributed by atoms with van der Waals surface area (Å²) >= 11 is 3.43. The minimum Gasteiger partial charge on any atom is -0.503 e. The number of ether oxygens (including phenoxy) is 1. The van der Waals surface area contributed by atoms with Gasteiger partial charge in [0.15, 0.2) is 11.5 Å². The first-order valence-electron chi connectivity index (χ1n) is 13.7. The number of para-hydroxylation sites is 1. The van der Waals surface area contributed by atoms with E-state index in [-0.39, 0.29) is 41.0 Å². The fourth-order valence-corrected chi connectivity index (χ4v) is 8.10. The van der Waals surface area contributed by atoms with E-state index in [9.17, 15) is 24.3 Å². The second-order valence-electron chi connectivity index (χ2n) is 11.4. The molecule has 40 heavy (non-hydrogen) atoms. The van der Waals surface area contributed by atoms with Gasteiger partial charge in [0.05, 0.1) is 40.4 Å². The van der Waals surface area contributed by atoms with Crippen molar-refractivity contribution in [3.63, 3.8) is 0 Å². The zero-order valence-electron chi connectivity index (χ0n) is 22.6. The zero-order valence-corrected chi connectivity index (χ0v) is 24.2. The van der Waals surface area contributed by atoms with Crippen LogP contribution in [0.2, 0.25) is 0 Å². The average molecular weight is 608 g/mol. The minimum atomic E-state index is -1.15. The highest BCUT2D eigenvalue weighted by Gasteiger charge is 2.67. The van der Waals surface area contributed by atoms with Crippen molar-refractivity contribution in [2.45, 2.75) is 39.0 Å². The number of benzene rings is 2. The van der Waals surface area contributed by atoms with Gasteiger partial charge in [-0.25, -0.2) is 4.90 Å². The largest absolute Gasteiger partial charge is 0.503 e. The zero-order chi connectivity index (χ0) is 28.5. The topological polar surface area (TPSA) is 104 Å². The van der Waals surface area contributed by atoms with Gasteiger partial charge in [-0.1, -0.05) is 36.8 Å². The van der Waals surface area contributed by atoms with E-state index in [1.165, 1.54) is 16.9 Å². The van der Waals surface area contributed by atoms with Crippen LogP contribution in [0, 0.1) is 29.1 Å². The molecule has 9 heteroatoms. The molecule has 2 aliphatic carbocycles. The Morgan fingerprint density at radius 1 is 1.05 bits per heavy atom. The molecule has 3 fully saturated rings. The standard InChI is InChI=1S/C31H31BrN2O6/c1-4-12-33-27(36)19-11-10-18-20(24(19)29(33)38)15-21-28(37)34(17-8-6-5-7-9-17)30(39)31(21,2)25(18)16-13-22(32)26(35)23(14-16)40-3/h5-10,13-14,19-21,24-25,35H,4,11-12,15H2,1-3H3/t19-,20+,21-,24-,25-,31+/m0/s1. The van der Waals surface area contributed by atoms with Gasteiger partial charge >= 0.3 is 0 Å². The number of hydrogen-bond donors (Lipinski definition) is 1. The molecule has 4 aliphatic rings. The number of fused-ring (bicyclic) bond motifs is 4. The van der Waals surface area contributed by atoms with Gasteiger partial charge in [0, 0.05) is 12.5 Å². The molecule has 0 aromatic heterocycles. The average Bonchev–Trinajstić information content (AvgIpc) is 3.30. The highest BCUT2D eigenvalue weighted by atomic mass is 79.9. The number of carbonyl (C=O) groups excluding carboxylic acids is 4. The van der Waals surface area contributed by atoms with Crippen LogP contribution in [0.1, 0.15) is 44.6 Å². The number of likely N-dealkylation sites (tertiary alicyclic amines) is 1. The quantitative estimate of drug-likeness (QED) is 0.387. The number of halogens is 1. The number of carbonyl (C=O) groups is 4. The summed E-state index contributed by atoms with van der Waals surface area (Å²) in [5, 5.41) is 10.6. The van der Waals surface area contributed by atoms with Crippen molar-refractivity contribution in [1.82, 2.24) is 4.90 Å². The van der Waals surface area contributed by atoms with E-state index in [2.05, 4.69) is 15.9 Å². The minimum absolute atomic E-state index is 0.0653. The second-order valence-corrected chi connectivity index (χ2v) is 12.2. The molecular weight excluding hydrogens is 576 g/mol. The Hall–Kier alpha value is -3.46. The van der Waals surface area contributed by atoms with Crippen molar-refractivity contribution >= 4 is 45.2 Å². The summed E-state index contributed by atoms with van der Waals surface area (Å²) in [4.78, 5) is 58.1. The number of allylic oxidation sites excluding steroid dienone is 2. The van der Waals surface area contributed by atoms with Crippen LogP contribution < -0.4 is 9.64 Å². The highest BCUT2D eigenvalue weighted by molar-refractivity contribution is 9.10. The fourth-order valence-electron chi connectivity index (χ4n) is 7.64. The summed E-state index contributed by atoms with van der Waals surface area (Å²) in [6.07, 6.45) is 3.41. The Morgan fingerprint density at radius 2 is 1.77 bits per heavy atom. The molecule has 2 aromatic rings. The molecule has 2 aromatic carbocycles. The molecule has 1 saturated carbocycles. The van der Waals surface area contributed by atoms with Crippen molar-refractivity contribution < 1.29 is 29.0 Å². The van der Waals surface area contributed by atoms with Gasteiger partial charge in [0.25, 0.3) is 0 Å². The number of nitrogens with zero attached hydrogens (tertiary/aromatic N) is 2. The first-order chi connectivity index (χ1) is 19.1. The summed E-state index contributed by atoms with van der Waals surface area (Å²) in [7, 11) is 1.45. The molecule has 6 rings (SSSR count). The van der Waals surface area contributed by atoms with Gasteiger partial charge in [-0.15, -0.1) is 0 Å². The maximum absolute atomic E-state index is 14.4. The van der Waals surface area contributed by atoms with Gasteiger partial charge in [0.1, 0.15) is 0 Å². The van der Waals surface area contributed by atoms with Crippen LogP contribution in [-0.2, 0) is 19.2 Å². The lowest BCUT2D eigenvalue weighted by molar-refractivity contribution is -0.140. The van der Waals surface area contributed by atoms with Crippen molar-refractivity contribution in [2.24, 2.45) is 29.1 Å². The van der Waals surface area contributed by atoms with Crippen molar-refractivity contribution in [2.75, 3.05) is 18.6 Å². The third-order valence-electron chi connectivity index (χ3n) is 9.43. The van der Waals surface area contributed by atoms with Crippen LogP contribution in [0.5, 0.6) is 11.5 Å². The number of aromatic hydroxyl groups is 1. The van der Waals surface area contributed by atoms with Crippen molar-refractivity contribution in [3.05, 3.63) is 64.1 Å². The molecule has 208 valence electrons. The van der Waals surface area contributed by atoms with Gasteiger partial charge < -0.3 is 9.84 Å². The summed E-state index contributed by atoms with van der Waals surface area (Å²) in [6.45, 7) is 4.15. The monoisotopic (exact) mass is 606 g/mol. The summed E-state index contributed by atoms with van der Waals surface area (Å²) in [5.41, 5.74) is 0.947. The number of anilines is 1.